The van der Waals surface area contributed by atoms with Crippen molar-refractivity contribution < 1.29 is 9.26 Å². The summed E-state index contributed by atoms with van der Waals surface area (Å²) in [6.45, 7) is 2.10. The number of aromatic nitrogens is 2. The van der Waals surface area contributed by atoms with Crippen LogP contribution in [0.25, 0.3) is 0 Å². The van der Waals surface area contributed by atoms with E-state index in [-0.39, 0.29) is 0 Å². The van der Waals surface area contributed by atoms with Crippen LogP contribution in [0, 0.1) is 0 Å². The number of hydrogen-bond donors (Lipinski definition) is 0. The standard InChI is InChI=1S/C13H16N2O2S/c1-3-4-12-14-13(17-15-12)9-18-11-7-5-10(16-2)6-8-11/h5-8H,3-4,9H2,1-2H3. The topological polar surface area (TPSA) is 48.2 Å². The number of aryl methyl sites for hydroxylation is 1. The molecule has 0 atom stereocenters. The first-order chi connectivity index (χ1) is 8.81. The van der Waals surface area contributed by atoms with Crippen LogP contribution in [0.4, 0.5) is 0 Å². The van der Waals surface area contributed by atoms with Gasteiger partial charge in [0, 0.05) is 11.3 Å². The second-order valence-electron chi connectivity index (χ2n) is 3.82. The summed E-state index contributed by atoms with van der Waals surface area (Å²) >= 11 is 1.67. The molecule has 1 heterocycles. The molecule has 0 radical (unpaired) electrons. The van der Waals surface area contributed by atoms with Crippen LogP contribution in [0.15, 0.2) is 33.7 Å². The molecule has 0 fully saturated rings. The number of thioether (sulfide) groups is 1. The molecule has 0 amide bonds. The fraction of sp³-hybridized carbons (Fsp3) is 0.385. The quantitative estimate of drug-likeness (QED) is 0.749. The first kappa shape index (κ1) is 13.0. The number of methoxy groups -OCH3 is 1. The minimum atomic E-state index is 0.680. The Morgan fingerprint density at radius 1 is 1.28 bits per heavy atom. The maximum absolute atomic E-state index is 5.18. The normalized spacial score (nSPS) is 10.6. The van der Waals surface area contributed by atoms with E-state index in [0.29, 0.717) is 11.6 Å². The van der Waals surface area contributed by atoms with Crippen molar-refractivity contribution in [2.45, 2.75) is 30.4 Å². The van der Waals surface area contributed by atoms with E-state index in [9.17, 15) is 0 Å². The maximum Gasteiger partial charge on any atom is 0.237 e. The van der Waals surface area contributed by atoms with Gasteiger partial charge in [-0.05, 0) is 30.7 Å². The molecule has 2 rings (SSSR count). The number of ether oxygens (including phenoxy) is 1. The van der Waals surface area contributed by atoms with E-state index in [0.717, 1.165) is 29.3 Å². The number of nitrogens with zero attached hydrogens (tertiary/aromatic N) is 2. The van der Waals surface area contributed by atoms with Crippen molar-refractivity contribution in [3.05, 3.63) is 36.0 Å². The van der Waals surface area contributed by atoms with E-state index in [2.05, 4.69) is 17.1 Å². The van der Waals surface area contributed by atoms with Gasteiger partial charge in [0.25, 0.3) is 0 Å². The Morgan fingerprint density at radius 3 is 2.72 bits per heavy atom. The zero-order valence-electron chi connectivity index (χ0n) is 10.5. The first-order valence-electron chi connectivity index (χ1n) is 5.90. The van der Waals surface area contributed by atoms with Gasteiger partial charge in [-0.25, -0.2) is 0 Å². The van der Waals surface area contributed by atoms with E-state index in [4.69, 9.17) is 9.26 Å². The molecule has 5 heteroatoms. The number of benzene rings is 1. The molecule has 0 aliphatic rings. The number of hydrogen-bond acceptors (Lipinski definition) is 5. The van der Waals surface area contributed by atoms with Crippen molar-refractivity contribution in [1.82, 2.24) is 10.1 Å². The van der Waals surface area contributed by atoms with E-state index in [1.54, 1.807) is 18.9 Å². The van der Waals surface area contributed by atoms with Gasteiger partial charge in [-0.2, -0.15) is 4.98 Å². The van der Waals surface area contributed by atoms with E-state index in [1.807, 2.05) is 24.3 Å². The molecule has 96 valence electrons. The Morgan fingerprint density at radius 2 is 2.06 bits per heavy atom. The minimum absolute atomic E-state index is 0.680. The summed E-state index contributed by atoms with van der Waals surface area (Å²) < 4.78 is 10.3. The fourth-order valence-corrected chi connectivity index (χ4v) is 2.23. The lowest BCUT2D eigenvalue weighted by Crippen LogP contribution is -1.86. The number of rotatable bonds is 6. The highest BCUT2D eigenvalue weighted by atomic mass is 32.2. The van der Waals surface area contributed by atoms with E-state index >= 15 is 0 Å². The van der Waals surface area contributed by atoms with E-state index < -0.39 is 0 Å². The molecular formula is C13H16N2O2S. The third-order valence-corrected chi connectivity index (χ3v) is 3.40. The molecule has 0 saturated heterocycles. The van der Waals surface area contributed by atoms with Gasteiger partial charge in [0.2, 0.25) is 5.89 Å². The highest BCUT2D eigenvalue weighted by Gasteiger charge is 2.06. The minimum Gasteiger partial charge on any atom is -0.497 e. The predicted octanol–water partition coefficient (Wildman–Crippen LogP) is 3.32. The Kier molecular flexibility index (Phi) is 4.64. The fourth-order valence-electron chi connectivity index (χ4n) is 1.49. The van der Waals surface area contributed by atoms with E-state index in [1.165, 1.54) is 0 Å². The van der Waals surface area contributed by atoms with Crippen LogP contribution < -0.4 is 4.74 Å². The van der Waals surface area contributed by atoms with Crippen molar-refractivity contribution in [2.24, 2.45) is 0 Å². The molecule has 0 unspecified atom stereocenters. The monoisotopic (exact) mass is 264 g/mol. The largest absolute Gasteiger partial charge is 0.497 e. The summed E-state index contributed by atoms with van der Waals surface area (Å²) in [7, 11) is 1.66. The molecule has 18 heavy (non-hydrogen) atoms. The Labute approximate surface area is 111 Å². The molecule has 0 bridgehead atoms. The van der Waals surface area contributed by atoms with Crippen molar-refractivity contribution in [3.63, 3.8) is 0 Å². The first-order valence-corrected chi connectivity index (χ1v) is 6.88. The summed E-state index contributed by atoms with van der Waals surface area (Å²) in [4.78, 5) is 5.48. The molecular weight excluding hydrogens is 248 g/mol. The van der Waals surface area contributed by atoms with Crippen LogP contribution in [-0.4, -0.2) is 17.3 Å². The summed E-state index contributed by atoms with van der Waals surface area (Å²) in [5.74, 6) is 3.03. The average Bonchev–Trinajstić information content (AvgIpc) is 2.85. The summed E-state index contributed by atoms with van der Waals surface area (Å²) in [5.41, 5.74) is 0. The lowest BCUT2D eigenvalue weighted by molar-refractivity contribution is 0.384. The van der Waals surface area contributed by atoms with Crippen LogP contribution in [0.1, 0.15) is 25.1 Å². The maximum atomic E-state index is 5.18. The van der Waals surface area contributed by atoms with Crippen LogP contribution in [0.5, 0.6) is 5.75 Å². The smallest absolute Gasteiger partial charge is 0.237 e. The second-order valence-corrected chi connectivity index (χ2v) is 4.87. The van der Waals surface area contributed by atoms with Gasteiger partial charge in [0.1, 0.15) is 5.75 Å². The van der Waals surface area contributed by atoms with Crippen LogP contribution >= 0.6 is 11.8 Å². The van der Waals surface area contributed by atoms with Gasteiger partial charge in [0.15, 0.2) is 5.82 Å². The van der Waals surface area contributed by atoms with Crippen molar-refractivity contribution in [2.75, 3.05) is 7.11 Å². The Balaban J connectivity index is 1.89. The molecule has 2 aromatic rings. The molecule has 1 aromatic heterocycles. The zero-order valence-corrected chi connectivity index (χ0v) is 11.4. The third-order valence-electron chi connectivity index (χ3n) is 2.41. The van der Waals surface area contributed by atoms with Gasteiger partial charge in [-0.3, -0.25) is 0 Å². The average molecular weight is 264 g/mol. The summed E-state index contributed by atoms with van der Waals surface area (Å²) in [6.07, 6.45) is 1.90. The molecule has 4 nitrogen and oxygen atoms in total. The Bertz CT molecular complexity index is 482. The zero-order chi connectivity index (χ0) is 12.8. The summed E-state index contributed by atoms with van der Waals surface area (Å²) in [6, 6.07) is 7.93. The van der Waals surface area contributed by atoms with Crippen molar-refractivity contribution in [1.29, 1.82) is 0 Å². The van der Waals surface area contributed by atoms with Gasteiger partial charge >= 0.3 is 0 Å². The van der Waals surface area contributed by atoms with Crippen LogP contribution in [-0.2, 0) is 12.2 Å². The van der Waals surface area contributed by atoms with Gasteiger partial charge in [-0.15, -0.1) is 11.8 Å². The van der Waals surface area contributed by atoms with Crippen LogP contribution in [0.3, 0.4) is 0 Å². The highest BCUT2D eigenvalue weighted by Crippen LogP contribution is 2.24. The molecule has 1 aromatic carbocycles. The third kappa shape index (κ3) is 3.50. The highest BCUT2D eigenvalue weighted by molar-refractivity contribution is 7.98. The lowest BCUT2D eigenvalue weighted by atomic mass is 10.3. The predicted molar refractivity (Wildman–Crippen MR) is 70.8 cm³/mol. The summed E-state index contributed by atoms with van der Waals surface area (Å²) in [5, 5.41) is 3.93. The van der Waals surface area contributed by atoms with Gasteiger partial charge in [-0.1, -0.05) is 12.1 Å². The molecule has 0 spiro atoms. The van der Waals surface area contributed by atoms with Crippen molar-refractivity contribution in [3.8, 4) is 5.75 Å². The molecule has 0 saturated carbocycles. The van der Waals surface area contributed by atoms with Crippen LogP contribution in [0.2, 0.25) is 0 Å². The SMILES string of the molecule is CCCc1noc(CSc2ccc(OC)cc2)n1. The molecule has 0 aliphatic heterocycles. The van der Waals surface area contributed by atoms with Crippen molar-refractivity contribution >= 4 is 11.8 Å². The molecule has 0 aliphatic carbocycles. The lowest BCUT2D eigenvalue weighted by Gasteiger charge is -2.01. The Hall–Kier alpha value is -1.49. The van der Waals surface area contributed by atoms with Gasteiger partial charge < -0.3 is 9.26 Å². The molecule has 0 N–H and O–H groups in total. The second kappa shape index (κ2) is 6.44. The van der Waals surface area contributed by atoms with Gasteiger partial charge in [0.05, 0.1) is 12.9 Å².